The van der Waals surface area contributed by atoms with Crippen LogP contribution in [0.25, 0.3) is 0 Å². The number of esters is 1. The third-order valence-corrected chi connectivity index (χ3v) is 6.13. The number of hydrazone groups is 1. The van der Waals surface area contributed by atoms with Crippen LogP contribution in [0.1, 0.15) is 28.4 Å². The van der Waals surface area contributed by atoms with Crippen LogP contribution in [0.3, 0.4) is 0 Å². The van der Waals surface area contributed by atoms with Crippen LogP contribution in [0.4, 0.5) is 0 Å². The number of ether oxygens (including phenoxy) is 3. The highest BCUT2D eigenvalue weighted by atomic mass is 79.9. The topological polar surface area (TPSA) is 86.2 Å². The second-order valence-electron chi connectivity index (χ2n) is 8.32. The minimum Gasteiger partial charge on any atom is -0.489 e. The van der Waals surface area contributed by atoms with Gasteiger partial charge in [0, 0.05) is 15.1 Å². The van der Waals surface area contributed by atoms with Crippen molar-refractivity contribution < 1.29 is 23.8 Å². The molecule has 0 spiro atoms. The third kappa shape index (κ3) is 8.43. The Morgan fingerprint density at radius 1 is 0.949 bits per heavy atom. The SMILES string of the molecule is CC(Oc1ccc(OCc2ccccc2)cc1)C(=O)NN=Cc1cc(Br)ccc1OC(=O)c1ccc(Cl)cc1. The summed E-state index contributed by atoms with van der Waals surface area (Å²) in [6.07, 6.45) is 0.571. The molecule has 39 heavy (non-hydrogen) atoms. The van der Waals surface area contributed by atoms with Crippen LogP contribution in [0.2, 0.25) is 5.02 Å². The molecule has 4 rings (SSSR count). The lowest BCUT2D eigenvalue weighted by atomic mass is 10.2. The van der Waals surface area contributed by atoms with Crippen molar-refractivity contribution in [2.45, 2.75) is 19.6 Å². The van der Waals surface area contributed by atoms with Crippen molar-refractivity contribution in [2.75, 3.05) is 0 Å². The number of nitrogens with one attached hydrogen (secondary N) is 1. The summed E-state index contributed by atoms with van der Waals surface area (Å²) in [5.41, 5.74) is 4.34. The van der Waals surface area contributed by atoms with Crippen molar-refractivity contribution in [1.29, 1.82) is 0 Å². The molecule has 0 saturated carbocycles. The Hall–Kier alpha value is -4.14. The van der Waals surface area contributed by atoms with Crippen molar-refractivity contribution in [3.63, 3.8) is 0 Å². The van der Waals surface area contributed by atoms with Crippen molar-refractivity contribution in [3.05, 3.63) is 123 Å². The summed E-state index contributed by atoms with van der Waals surface area (Å²) in [4.78, 5) is 25.0. The molecule has 4 aromatic rings. The average Bonchev–Trinajstić information content (AvgIpc) is 2.95. The van der Waals surface area contributed by atoms with E-state index in [9.17, 15) is 9.59 Å². The smallest absolute Gasteiger partial charge is 0.343 e. The highest BCUT2D eigenvalue weighted by Gasteiger charge is 2.15. The number of benzene rings is 4. The number of carbonyl (C=O) groups excluding carboxylic acids is 2. The van der Waals surface area contributed by atoms with Gasteiger partial charge in [-0.3, -0.25) is 4.79 Å². The first-order valence-corrected chi connectivity index (χ1v) is 13.1. The van der Waals surface area contributed by atoms with Crippen LogP contribution in [0.5, 0.6) is 17.2 Å². The number of rotatable bonds is 10. The summed E-state index contributed by atoms with van der Waals surface area (Å²) in [5, 5.41) is 4.53. The Morgan fingerprint density at radius 2 is 1.64 bits per heavy atom. The zero-order valence-electron chi connectivity index (χ0n) is 20.8. The minimum absolute atomic E-state index is 0.273. The van der Waals surface area contributed by atoms with E-state index in [0.717, 1.165) is 10.0 Å². The van der Waals surface area contributed by atoms with Gasteiger partial charge in [0.15, 0.2) is 6.10 Å². The molecular formula is C30H24BrClN2O5. The van der Waals surface area contributed by atoms with E-state index in [1.807, 2.05) is 30.3 Å². The number of hydrogen-bond donors (Lipinski definition) is 1. The van der Waals surface area contributed by atoms with Gasteiger partial charge in [0.1, 0.15) is 23.9 Å². The molecule has 1 N–H and O–H groups in total. The van der Waals surface area contributed by atoms with Gasteiger partial charge < -0.3 is 14.2 Å². The lowest BCUT2D eigenvalue weighted by molar-refractivity contribution is -0.127. The summed E-state index contributed by atoms with van der Waals surface area (Å²) in [5.74, 6) is 0.470. The Bertz CT molecular complexity index is 1440. The number of carbonyl (C=O) groups is 2. The van der Waals surface area contributed by atoms with Gasteiger partial charge in [-0.15, -0.1) is 0 Å². The van der Waals surface area contributed by atoms with E-state index in [-0.39, 0.29) is 5.75 Å². The van der Waals surface area contributed by atoms with Crippen molar-refractivity contribution in [3.8, 4) is 17.2 Å². The Balaban J connectivity index is 1.31. The first kappa shape index (κ1) is 27.9. The van der Waals surface area contributed by atoms with Crippen molar-refractivity contribution >= 4 is 45.6 Å². The van der Waals surface area contributed by atoms with Crippen LogP contribution >= 0.6 is 27.5 Å². The predicted octanol–water partition coefficient (Wildman–Crippen LogP) is 6.82. The molecule has 0 saturated heterocycles. The Labute approximate surface area is 239 Å². The highest BCUT2D eigenvalue weighted by Crippen LogP contribution is 2.23. The molecule has 1 unspecified atom stereocenters. The standard InChI is InChI=1S/C30H24BrClN2O5/c1-20(38-27-14-12-26(13-15-27)37-19-21-5-3-2-4-6-21)29(35)34-33-18-23-17-24(31)9-16-28(23)39-30(36)22-7-10-25(32)11-8-22/h2-18,20H,19H2,1H3,(H,34,35). The molecule has 0 fully saturated rings. The maximum absolute atomic E-state index is 12.5. The lowest BCUT2D eigenvalue weighted by Gasteiger charge is -2.13. The monoisotopic (exact) mass is 606 g/mol. The molecule has 9 heteroatoms. The zero-order chi connectivity index (χ0) is 27.6. The zero-order valence-corrected chi connectivity index (χ0v) is 23.2. The van der Waals surface area contributed by atoms with Gasteiger partial charge in [0.05, 0.1) is 11.8 Å². The summed E-state index contributed by atoms with van der Waals surface area (Å²) in [7, 11) is 0. The first-order valence-electron chi connectivity index (χ1n) is 11.9. The minimum atomic E-state index is -0.817. The molecule has 7 nitrogen and oxygen atoms in total. The van der Waals surface area contributed by atoms with Gasteiger partial charge >= 0.3 is 5.97 Å². The van der Waals surface area contributed by atoms with Crippen LogP contribution < -0.4 is 19.6 Å². The van der Waals surface area contributed by atoms with Gasteiger partial charge in [0.2, 0.25) is 0 Å². The van der Waals surface area contributed by atoms with Crippen LogP contribution in [0.15, 0.2) is 107 Å². The van der Waals surface area contributed by atoms with E-state index in [1.54, 1.807) is 73.7 Å². The largest absolute Gasteiger partial charge is 0.489 e. The molecular weight excluding hydrogens is 584 g/mol. The van der Waals surface area contributed by atoms with Gasteiger partial charge in [-0.1, -0.05) is 57.9 Å². The van der Waals surface area contributed by atoms with Crippen LogP contribution in [-0.4, -0.2) is 24.2 Å². The van der Waals surface area contributed by atoms with E-state index in [2.05, 4.69) is 26.5 Å². The van der Waals surface area contributed by atoms with Gasteiger partial charge in [-0.2, -0.15) is 5.10 Å². The molecule has 198 valence electrons. The summed E-state index contributed by atoms with van der Waals surface area (Å²) in [6, 6.07) is 28.3. The van der Waals surface area contributed by atoms with E-state index in [0.29, 0.717) is 34.3 Å². The first-order chi connectivity index (χ1) is 18.9. The molecule has 0 bridgehead atoms. The molecule has 0 heterocycles. The second kappa shape index (κ2) is 13.6. The van der Waals surface area contributed by atoms with Crippen molar-refractivity contribution in [1.82, 2.24) is 5.43 Å². The predicted molar refractivity (Wildman–Crippen MR) is 154 cm³/mol. The second-order valence-corrected chi connectivity index (χ2v) is 9.67. The number of amides is 1. The highest BCUT2D eigenvalue weighted by molar-refractivity contribution is 9.10. The quantitative estimate of drug-likeness (QED) is 0.0926. The molecule has 0 radical (unpaired) electrons. The molecule has 0 aliphatic rings. The molecule has 4 aromatic carbocycles. The van der Waals surface area contributed by atoms with E-state index < -0.39 is 18.0 Å². The maximum atomic E-state index is 12.5. The fourth-order valence-electron chi connectivity index (χ4n) is 3.33. The summed E-state index contributed by atoms with van der Waals surface area (Å²) >= 11 is 9.27. The molecule has 0 aromatic heterocycles. The van der Waals surface area contributed by atoms with Crippen LogP contribution in [0, 0.1) is 0 Å². The Kier molecular flexibility index (Phi) is 9.72. The molecule has 1 atom stereocenters. The summed E-state index contributed by atoms with van der Waals surface area (Å²) in [6.45, 7) is 2.07. The van der Waals surface area contributed by atoms with Gasteiger partial charge in [-0.05, 0) is 79.2 Å². The van der Waals surface area contributed by atoms with E-state index in [4.69, 9.17) is 25.8 Å². The molecule has 0 aliphatic heterocycles. The fourth-order valence-corrected chi connectivity index (χ4v) is 3.83. The van der Waals surface area contributed by atoms with Crippen molar-refractivity contribution in [2.24, 2.45) is 5.10 Å². The summed E-state index contributed by atoms with van der Waals surface area (Å²) < 4.78 is 17.8. The Morgan fingerprint density at radius 3 is 2.36 bits per heavy atom. The third-order valence-electron chi connectivity index (χ3n) is 5.39. The van der Waals surface area contributed by atoms with E-state index in [1.165, 1.54) is 6.21 Å². The van der Waals surface area contributed by atoms with Gasteiger partial charge in [0.25, 0.3) is 5.91 Å². The van der Waals surface area contributed by atoms with Crippen LogP contribution in [-0.2, 0) is 11.4 Å². The average molecular weight is 608 g/mol. The fraction of sp³-hybridized carbons (Fsp3) is 0.100. The number of hydrogen-bond acceptors (Lipinski definition) is 6. The van der Waals surface area contributed by atoms with Gasteiger partial charge in [-0.25, -0.2) is 10.2 Å². The lowest BCUT2D eigenvalue weighted by Crippen LogP contribution is -2.33. The number of nitrogens with zero attached hydrogens (tertiary/aromatic N) is 1. The maximum Gasteiger partial charge on any atom is 0.343 e. The number of halogens is 2. The molecule has 1 amide bonds. The molecule has 0 aliphatic carbocycles. The normalized spacial score (nSPS) is 11.6. The van der Waals surface area contributed by atoms with E-state index >= 15 is 0 Å².